The highest BCUT2D eigenvalue weighted by molar-refractivity contribution is 6.11. The molecular weight excluding hydrogens is 404 g/mol. The average Bonchev–Trinajstić information content (AvgIpc) is 2.80. The van der Waals surface area contributed by atoms with Gasteiger partial charge in [0.1, 0.15) is 0 Å². The molecule has 3 aromatic carbocycles. The Morgan fingerprint density at radius 1 is 0.938 bits per heavy atom. The fourth-order valence-electron chi connectivity index (χ4n) is 3.42. The minimum absolute atomic E-state index is 0.0433. The summed E-state index contributed by atoms with van der Waals surface area (Å²) >= 11 is 0. The number of fused-ring (bicyclic) bond motifs is 1. The highest BCUT2D eigenvalue weighted by Crippen LogP contribution is 2.18. The number of hydrogen-bond donors (Lipinski definition) is 1. The van der Waals surface area contributed by atoms with E-state index in [1.54, 1.807) is 54.4 Å². The number of hydrogen-bond acceptors (Lipinski definition) is 4. The van der Waals surface area contributed by atoms with Crippen molar-refractivity contribution in [2.75, 3.05) is 12.4 Å². The van der Waals surface area contributed by atoms with E-state index in [0.29, 0.717) is 28.7 Å². The Kier molecular flexibility index (Phi) is 5.81. The van der Waals surface area contributed by atoms with Gasteiger partial charge in [0.05, 0.1) is 11.1 Å². The van der Waals surface area contributed by atoms with Gasteiger partial charge in [0, 0.05) is 31.6 Å². The summed E-state index contributed by atoms with van der Waals surface area (Å²) in [5.41, 5.74) is 1.89. The summed E-state index contributed by atoms with van der Waals surface area (Å²) in [7, 11) is 1.72. The van der Waals surface area contributed by atoms with Crippen molar-refractivity contribution in [1.29, 1.82) is 0 Å². The predicted molar refractivity (Wildman–Crippen MR) is 124 cm³/mol. The van der Waals surface area contributed by atoms with Crippen LogP contribution in [0.15, 0.2) is 83.7 Å². The first-order valence-corrected chi connectivity index (χ1v) is 10.1. The molecular formula is C25H22N4O3. The zero-order valence-corrected chi connectivity index (χ0v) is 17.8. The van der Waals surface area contributed by atoms with Crippen LogP contribution in [0.1, 0.15) is 23.0 Å². The van der Waals surface area contributed by atoms with E-state index in [2.05, 4.69) is 10.4 Å². The molecule has 4 rings (SSSR count). The van der Waals surface area contributed by atoms with E-state index < -0.39 is 5.91 Å². The zero-order chi connectivity index (χ0) is 22.7. The lowest BCUT2D eigenvalue weighted by Gasteiger charge is -2.16. The third kappa shape index (κ3) is 4.27. The first kappa shape index (κ1) is 21.0. The van der Waals surface area contributed by atoms with Gasteiger partial charge in [-0.2, -0.15) is 9.78 Å². The number of rotatable bonds is 5. The molecule has 0 radical (unpaired) electrons. The van der Waals surface area contributed by atoms with Gasteiger partial charge >= 0.3 is 0 Å². The number of anilines is 1. The van der Waals surface area contributed by atoms with Gasteiger partial charge in [-0.1, -0.05) is 48.5 Å². The van der Waals surface area contributed by atoms with Crippen molar-refractivity contribution in [1.82, 2.24) is 14.7 Å². The largest absolute Gasteiger partial charge is 0.342 e. The van der Waals surface area contributed by atoms with Crippen molar-refractivity contribution in [3.05, 3.63) is 100 Å². The summed E-state index contributed by atoms with van der Waals surface area (Å²) < 4.78 is 1.25. The number of benzene rings is 3. The van der Waals surface area contributed by atoms with E-state index in [9.17, 15) is 14.4 Å². The van der Waals surface area contributed by atoms with E-state index >= 15 is 0 Å². The molecule has 0 aliphatic carbocycles. The first-order chi connectivity index (χ1) is 15.4. The monoisotopic (exact) mass is 426 g/mol. The highest BCUT2D eigenvalue weighted by atomic mass is 16.2. The molecule has 160 valence electrons. The summed E-state index contributed by atoms with van der Waals surface area (Å²) in [5.74, 6) is -0.471. The van der Waals surface area contributed by atoms with E-state index in [-0.39, 0.29) is 17.2 Å². The number of nitrogens with zero attached hydrogens (tertiary/aromatic N) is 3. The SMILES string of the molecule is CC(=O)N(C)Cc1cccc(NC(=O)c2nn(-c3ccccc3)c(=O)c3ccccc23)c1. The van der Waals surface area contributed by atoms with Crippen LogP contribution in [-0.2, 0) is 11.3 Å². The number of carbonyl (C=O) groups excluding carboxylic acids is 2. The summed E-state index contributed by atoms with van der Waals surface area (Å²) in [5, 5.41) is 8.16. The van der Waals surface area contributed by atoms with Crippen LogP contribution >= 0.6 is 0 Å². The van der Waals surface area contributed by atoms with Crippen molar-refractivity contribution >= 4 is 28.3 Å². The van der Waals surface area contributed by atoms with Gasteiger partial charge in [-0.3, -0.25) is 14.4 Å². The molecule has 0 fully saturated rings. The van der Waals surface area contributed by atoms with Crippen molar-refractivity contribution in [3.8, 4) is 5.69 Å². The second-order valence-corrected chi connectivity index (χ2v) is 7.48. The topological polar surface area (TPSA) is 84.3 Å². The molecule has 0 bridgehead atoms. The third-order valence-corrected chi connectivity index (χ3v) is 5.16. The van der Waals surface area contributed by atoms with Gasteiger partial charge in [-0.25, -0.2) is 0 Å². The van der Waals surface area contributed by atoms with Crippen molar-refractivity contribution in [3.63, 3.8) is 0 Å². The minimum atomic E-state index is -0.428. The molecule has 0 unspecified atom stereocenters. The fourth-order valence-corrected chi connectivity index (χ4v) is 3.42. The van der Waals surface area contributed by atoms with Gasteiger partial charge in [0.15, 0.2) is 5.69 Å². The lowest BCUT2D eigenvalue weighted by molar-refractivity contribution is -0.128. The van der Waals surface area contributed by atoms with Crippen LogP contribution in [0.3, 0.4) is 0 Å². The van der Waals surface area contributed by atoms with Gasteiger partial charge in [-0.15, -0.1) is 0 Å². The number of para-hydroxylation sites is 1. The molecule has 1 aromatic heterocycles. The molecule has 7 nitrogen and oxygen atoms in total. The Hall–Kier alpha value is -4.26. The van der Waals surface area contributed by atoms with Crippen LogP contribution in [0, 0.1) is 0 Å². The first-order valence-electron chi connectivity index (χ1n) is 10.1. The molecule has 0 aliphatic rings. The van der Waals surface area contributed by atoms with E-state index in [4.69, 9.17) is 0 Å². The van der Waals surface area contributed by atoms with Gasteiger partial charge in [-0.05, 0) is 35.9 Å². The highest BCUT2D eigenvalue weighted by Gasteiger charge is 2.18. The zero-order valence-electron chi connectivity index (χ0n) is 17.8. The molecule has 1 N–H and O–H groups in total. The Morgan fingerprint density at radius 2 is 1.62 bits per heavy atom. The van der Waals surface area contributed by atoms with Crippen LogP contribution in [0.2, 0.25) is 0 Å². The van der Waals surface area contributed by atoms with E-state index in [1.165, 1.54) is 11.6 Å². The fraction of sp³-hybridized carbons (Fsp3) is 0.120. The Bertz CT molecular complexity index is 1360. The van der Waals surface area contributed by atoms with Crippen molar-refractivity contribution in [2.45, 2.75) is 13.5 Å². The van der Waals surface area contributed by atoms with Crippen LogP contribution in [-0.4, -0.2) is 33.5 Å². The lowest BCUT2D eigenvalue weighted by Crippen LogP contribution is -2.26. The number of carbonyl (C=O) groups is 2. The summed E-state index contributed by atoms with van der Waals surface area (Å²) in [6.45, 7) is 1.93. The summed E-state index contributed by atoms with van der Waals surface area (Å²) in [4.78, 5) is 39.3. The predicted octanol–water partition coefficient (Wildman–Crippen LogP) is 3.62. The number of amides is 2. The average molecular weight is 426 g/mol. The quantitative estimate of drug-likeness (QED) is 0.528. The molecule has 2 amide bonds. The van der Waals surface area contributed by atoms with Gasteiger partial charge in [0.25, 0.3) is 11.5 Å². The van der Waals surface area contributed by atoms with Crippen LogP contribution in [0.25, 0.3) is 16.5 Å². The molecule has 0 aliphatic heterocycles. The van der Waals surface area contributed by atoms with Crippen LogP contribution < -0.4 is 10.9 Å². The summed E-state index contributed by atoms with van der Waals surface area (Å²) in [6.07, 6.45) is 0. The van der Waals surface area contributed by atoms with Gasteiger partial charge in [0.2, 0.25) is 5.91 Å². The minimum Gasteiger partial charge on any atom is -0.342 e. The Morgan fingerprint density at radius 3 is 2.34 bits per heavy atom. The Balaban J connectivity index is 1.72. The normalized spacial score (nSPS) is 10.7. The molecule has 0 spiro atoms. The molecule has 7 heteroatoms. The molecule has 0 saturated heterocycles. The van der Waals surface area contributed by atoms with Crippen molar-refractivity contribution < 1.29 is 9.59 Å². The van der Waals surface area contributed by atoms with Gasteiger partial charge < -0.3 is 10.2 Å². The molecule has 32 heavy (non-hydrogen) atoms. The standard InChI is InChI=1S/C25H22N4O3/c1-17(30)28(2)16-18-9-8-10-19(15-18)26-24(31)23-21-13-6-7-14-22(21)25(32)29(27-23)20-11-4-3-5-12-20/h3-15H,16H2,1-2H3,(H,26,31). The maximum Gasteiger partial charge on any atom is 0.279 e. The molecule has 0 saturated carbocycles. The van der Waals surface area contributed by atoms with E-state index in [0.717, 1.165) is 5.56 Å². The number of aromatic nitrogens is 2. The molecule has 4 aromatic rings. The van der Waals surface area contributed by atoms with Crippen molar-refractivity contribution in [2.24, 2.45) is 0 Å². The number of nitrogens with one attached hydrogen (secondary N) is 1. The van der Waals surface area contributed by atoms with E-state index in [1.807, 2.05) is 36.4 Å². The summed E-state index contributed by atoms with van der Waals surface area (Å²) in [6, 6.07) is 23.2. The second kappa shape index (κ2) is 8.85. The Labute approximate surface area is 184 Å². The smallest absolute Gasteiger partial charge is 0.279 e. The third-order valence-electron chi connectivity index (χ3n) is 5.16. The molecule has 1 heterocycles. The van der Waals surface area contributed by atoms with Crippen LogP contribution in [0.5, 0.6) is 0 Å². The van der Waals surface area contributed by atoms with Crippen LogP contribution in [0.4, 0.5) is 5.69 Å². The lowest BCUT2D eigenvalue weighted by atomic mass is 10.1. The second-order valence-electron chi connectivity index (χ2n) is 7.48. The molecule has 0 atom stereocenters. The maximum absolute atomic E-state index is 13.2. The maximum atomic E-state index is 13.2.